The highest BCUT2D eigenvalue weighted by atomic mass is 32.2. The van der Waals surface area contributed by atoms with Crippen molar-refractivity contribution in [2.45, 2.75) is 4.90 Å². The summed E-state index contributed by atoms with van der Waals surface area (Å²) in [7, 11) is -5.74. The van der Waals surface area contributed by atoms with Crippen molar-refractivity contribution in [3.63, 3.8) is 0 Å². The molecule has 7 nitrogen and oxygen atoms in total. The monoisotopic (exact) mass is 293 g/mol. The molecule has 0 aliphatic rings. The standard InChI is InChI=1S/C9H15N3O4S2/c1-12(6-7-17(2,13)14)18(15,16)8-4-3-5-11-9(8)10/h3-5H,6-7H2,1-2H3,(H2,10,11). The molecule has 2 N–H and O–H groups in total. The Morgan fingerprint density at radius 3 is 2.44 bits per heavy atom. The Hall–Kier alpha value is -1.19. The molecule has 0 aliphatic heterocycles. The molecule has 0 bridgehead atoms. The third-order valence-electron chi connectivity index (χ3n) is 2.26. The molecule has 1 aromatic heterocycles. The molecule has 0 unspecified atom stereocenters. The lowest BCUT2D eigenvalue weighted by atomic mass is 10.5. The van der Waals surface area contributed by atoms with Crippen LogP contribution in [0.4, 0.5) is 5.82 Å². The predicted molar refractivity (Wildman–Crippen MR) is 68.2 cm³/mol. The van der Waals surface area contributed by atoms with Crippen LogP contribution in [0.15, 0.2) is 23.2 Å². The van der Waals surface area contributed by atoms with Gasteiger partial charge in [0, 0.05) is 26.0 Å². The highest BCUT2D eigenvalue weighted by Crippen LogP contribution is 2.18. The van der Waals surface area contributed by atoms with Crippen LogP contribution < -0.4 is 5.73 Å². The molecule has 0 fully saturated rings. The number of nitrogen functional groups attached to an aromatic ring is 1. The van der Waals surface area contributed by atoms with E-state index >= 15 is 0 Å². The smallest absolute Gasteiger partial charge is 0.246 e. The number of rotatable bonds is 5. The van der Waals surface area contributed by atoms with E-state index in [2.05, 4.69) is 4.98 Å². The van der Waals surface area contributed by atoms with Crippen molar-refractivity contribution in [3.05, 3.63) is 18.3 Å². The van der Waals surface area contributed by atoms with Crippen LogP contribution in [-0.4, -0.2) is 51.7 Å². The van der Waals surface area contributed by atoms with Gasteiger partial charge in [-0.2, -0.15) is 4.31 Å². The summed E-state index contributed by atoms with van der Waals surface area (Å²) >= 11 is 0. The summed E-state index contributed by atoms with van der Waals surface area (Å²) in [4.78, 5) is 3.57. The largest absolute Gasteiger partial charge is 0.383 e. The highest BCUT2D eigenvalue weighted by molar-refractivity contribution is 7.91. The average molecular weight is 293 g/mol. The maximum absolute atomic E-state index is 12.1. The maximum atomic E-state index is 12.1. The van der Waals surface area contributed by atoms with Crippen LogP contribution in [0.5, 0.6) is 0 Å². The summed E-state index contributed by atoms with van der Waals surface area (Å²) in [5, 5.41) is 0. The van der Waals surface area contributed by atoms with Crippen LogP contribution >= 0.6 is 0 Å². The van der Waals surface area contributed by atoms with Gasteiger partial charge >= 0.3 is 0 Å². The summed E-state index contributed by atoms with van der Waals surface area (Å²) in [6, 6.07) is 2.78. The minimum Gasteiger partial charge on any atom is -0.383 e. The topological polar surface area (TPSA) is 110 Å². The van der Waals surface area contributed by atoms with Gasteiger partial charge in [0.05, 0.1) is 5.75 Å². The molecule has 0 spiro atoms. The Balaban J connectivity index is 2.98. The lowest BCUT2D eigenvalue weighted by molar-refractivity contribution is 0.485. The molecule has 0 saturated carbocycles. The molecule has 0 amide bonds. The fourth-order valence-electron chi connectivity index (χ4n) is 1.20. The summed E-state index contributed by atoms with van der Waals surface area (Å²) in [6.07, 6.45) is 2.43. The number of hydrogen-bond acceptors (Lipinski definition) is 6. The molecule has 102 valence electrons. The van der Waals surface area contributed by atoms with E-state index in [4.69, 9.17) is 5.73 Å². The van der Waals surface area contributed by atoms with Gasteiger partial charge in [-0.1, -0.05) is 0 Å². The SMILES string of the molecule is CN(CCS(C)(=O)=O)S(=O)(=O)c1cccnc1N. The van der Waals surface area contributed by atoms with Crippen molar-refractivity contribution in [3.8, 4) is 0 Å². The first-order valence-electron chi connectivity index (χ1n) is 4.99. The number of pyridine rings is 1. The van der Waals surface area contributed by atoms with Gasteiger partial charge in [0.2, 0.25) is 10.0 Å². The van der Waals surface area contributed by atoms with E-state index in [9.17, 15) is 16.8 Å². The first kappa shape index (κ1) is 14.9. The summed E-state index contributed by atoms with van der Waals surface area (Å²) < 4.78 is 47.1. The predicted octanol–water partition coefficient (Wildman–Crippen LogP) is -0.671. The van der Waals surface area contributed by atoms with Crippen molar-refractivity contribution in [1.82, 2.24) is 9.29 Å². The van der Waals surface area contributed by atoms with E-state index < -0.39 is 19.9 Å². The zero-order valence-electron chi connectivity index (χ0n) is 10.1. The van der Waals surface area contributed by atoms with Crippen LogP contribution in [-0.2, 0) is 19.9 Å². The van der Waals surface area contributed by atoms with E-state index in [-0.39, 0.29) is 23.0 Å². The molecule has 1 rings (SSSR count). The van der Waals surface area contributed by atoms with Gasteiger partial charge in [-0.3, -0.25) is 0 Å². The number of aromatic nitrogens is 1. The first-order chi connectivity index (χ1) is 8.14. The Labute approximate surface area is 107 Å². The Morgan fingerprint density at radius 1 is 1.33 bits per heavy atom. The van der Waals surface area contributed by atoms with E-state index in [1.165, 1.54) is 25.4 Å². The van der Waals surface area contributed by atoms with Gasteiger partial charge in [-0.25, -0.2) is 21.8 Å². The van der Waals surface area contributed by atoms with Crippen molar-refractivity contribution >= 4 is 25.7 Å². The zero-order valence-corrected chi connectivity index (χ0v) is 11.7. The molecular weight excluding hydrogens is 278 g/mol. The molecule has 0 saturated heterocycles. The van der Waals surface area contributed by atoms with Crippen LogP contribution in [0.3, 0.4) is 0 Å². The quantitative estimate of drug-likeness (QED) is 0.770. The normalized spacial score (nSPS) is 12.8. The molecule has 0 aromatic carbocycles. The fraction of sp³-hybridized carbons (Fsp3) is 0.444. The lowest BCUT2D eigenvalue weighted by Crippen LogP contribution is -2.32. The minimum atomic E-state index is -3.81. The molecular formula is C9H15N3O4S2. The van der Waals surface area contributed by atoms with E-state index in [1.807, 2.05) is 0 Å². The number of hydrogen-bond donors (Lipinski definition) is 1. The summed E-state index contributed by atoms with van der Waals surface area (Å²) in [6.45, 7) is -0.129. The second kappa shape index (κ2) is 5.21. The van der Waals surface area contributed by atoms with Gasteiger partial charge < -0.3 is 5.73 Å². The van der Waals surface area contributed by atoms with Crippen molar-refractivity contribution in [2.24, 2.45) is 0 Å². The number of sulfonamides is 1. The first-order valence-corrected chi connectivity index (χ1v) is 8.49. The number of nitrogens with two attached hydrogens (primary N) is 1. The minimum absolute atomic E-state index is 0.108. The Kier molecular flexibility index (Phi) is 4.30. The van der Waals surface area contributed by atoms with Crippen LogP contribution in [0.2, 0.25) is 0 Å². The van der Waals surface area contributed by atoms with Gasteiger partial charge in [0.1, 0.15) is 20.6 Å². The summed E-state index contributed by atoms with van der Waals surface area (Å²) in [5.74, 6) is -0.355. The van der Waals surface area contributed by atoms with Crippen LogP contribution in [0, 0.1) is 0 Å². The zero-order chi connectivity index (χ0) is 14.0. The Bertz CT molecular complexity index is 625. The maximum Gasteiger partial charge on any atom is 0.246 e. The van der Waals surface area contributed by atoms with Crippen molar-refractivity contribution in [2.75, 3.05) is 31.3 Å². The molecule has 9 heteroatoms. The lowest BCUT2D eigenvalue weighted by Gasteiger charge is -2.17. The van der Waals surface area contributed by atoms with Gasteiger partial charge in [0.15, 0.2) is 0 Å². The van der Waals surface area contributed by atoms with Crippen molar-refractivity contribution < 1.29 is 16.8 Å². The van der Waals surface area contributed by atoms with E-state index in [0.29, 0.717) is 0 Å². The molecule has 0 radical (unpaired) electrons. The van der Waals surface area contributed by atoms with Gasteiger partial charge in [0.25, 0.3) is 0 Å². The van der Waals surface area contributed by atoms with Crippen molar-refractivity contribution in [1.29, 1.82) is 0 Å². The van der Waals surface area contributed by atoms with E-state index in [0.717, 1.165) is 10.6 Å². The summed E-state index contributed by atoms with van der Waals surface area (Å²) in [5.41, 5.74) is 5.49. The fourth-order valence-corrected chi connectivity index (χ4v) is 3.16. The number of anilines is 1. The highest BCUT2D eigenvalue weighted by Gasteiger charge is 2.24. The third-order valence-corrected chi connectivity index (χ3v) is 5.09. The average Bonchev–Trinajstić information content (AvgIpc) is 2.25. The molecule has 0 aliphatic carbocycles. The number of nitrogens with zero attached hydrogens (tertiary/aromatic N) is 2. The molecule has 18 heavy (non-hydrogen) atoms. The molecule has 1 heterocycles. The van der Waals surface area contributed by atoms with Crippen LogP contribution in [0.25, 0.3) is 0 Å². The van der Waals surface area contributed by atoms with E-state index in [1.54, 1.807) is 0 Å². The second-order valence-corrected chi connectivity index (χ2v) is 8.12. The molecule has 0 atom stereocenters. The number of sulfone groups is 1. The second-order valence-electron chi connectivity index (χ2n) is 3.84. The van der Waals surface area contributed by atoms with Crippen LogP contribution in [0.1, 0.15) is 0 Å². The third kappa shape index (κ3) is 3.65. The molecule has 1 aromatic rings. The van der Waals surface area contributed by atoms with Gasteiger partial charge in [-0.05, 0) is 12.1 Å². The van der Waals surface area contributed by atoms with Gasteiger partial charge in [-0.15, -0.1) is 0 Å². The Morgan fingerprint density at radius 2 is 1.94 bits per heavy atom.